The molecule has 1 heterocycles. The number of anilines is 1. The van der Waals surface area contributed by atoms with Gasteiger partial charge in [-0.3, -0.25) is 14.7 Å². The van der Waals surface area contributed by atoms with E-state index in [0.29, 0.717) is 12.1 Å². The van der Waals surface area contributed by atoms with E-state index in [0.717, 1.165) is 11.3 Å². The van der Waals surface area contributed by atoms with Crippen LogP contribution in [0.3, 0.4) is 0 Å². The first-order valence-electron chi connectivity index (χ1n) is 9.32. The largest absolute Gasteiger partial charge is 0.369 e. The first-order valence-corrected chi connectivity index (χ1v) is 9.70. The average Bonchev–Trinajstić information content (AvgIpc) is 3.22. The highest BCUT2D eigenvalue weighted by Gasteiger charge is 2.17. The predicted octanol–water partition coefficient (Wildman–Crippen LogP) is 3.75. The van der Waals surface area contributed by atoms with E-state index in [9.17, 15) is 18.4 Å². The molecule has 3 rings (SSSR count). The van der Waals surface area contributed by atoms with Gasteiger partial charge in [-0.2, -0.15) is 5.10 Å². The van der Waals surface area contributed by atoms with Gasteiger partial charge in [0.05, 0.1) is 22.6 Å². The van der Waals surface area contributed by atoms with Crippen molar-refractivity contribution in [3.8, 4) is 0 Å². The van der Waals surface area contributed by atoms with Crippen molar-refractivity contribution >= 4 is 41.3 Å². The number of amides is 2. The van der Waals surface area contributed by atoms with Gasteiger partial charge in [0.25, 0.3) is 11.8 Å². The molecule has 2 aromatic carbocycles. The maximum absolute atomic E-state index is 13.4. The number of hydrogen-bond acceptors (Lipinski definition) is 4. The average molecular weight is 461 g/mol. The van der Waals surface area contributed by atoms with Gasteiger partial charge in [0.15, 0.2) is 17.5 Å². The summed E-state index contributed by atoms with van der Waals surface area (Å²) in [6.45, 7) is 0.266. The zero-order valence-electron chi connectivity index (χ0n) is 17.1. The Kier molecular flexibility index (Phi) is 7.16. The van der Waals surface area contributed by atoms with Gasteiger partial charge in [-0.1, -0.05) is 23.7 Å². The summed E-state index contributed by atoms with van der Waals surface area (Å²) in [5.74, 6) is -3.60. The number of aliphatic imine (C=N–C) groups is 1. The number of halogens is 3. The van der Waals surface area contributed by atoms with Crippen molar-refractivity contribution in [1.82, 2.24) is 20.4 Å². The molecule has 0 spiro atoms. The molecule has 0 unspecified atom stereocenters. The second-order valence-corrected chi connectivity index (χ2v) is 7.33. The third-order valence-electron chi connectivity index (χ3n) is 4.15. The summed E-state index contributed by atoms with van der Waals surface area (Å²) in [5.41, 5.74) is 1.48. The van der Waals surface area contributed by atoms with E-state index >= 15 is 0 Å². The fraction of sp³-hybridized carbons (Fsp3) is 0.143. The first-order chi connectivity index (χ1) is 15.2. The molecule has 2 amide bonds. The highest BCUT2D eigenvalue weighted by molar-refractivity contribution is 6.34. The van der Waals surface area contributed by atoms with Gasteiger partial charge in [-0.25, -0.2) is 13.8 Å². The van der Waals surface area contributed by atoms with E-state index in [-0.39, 0.29) is 28.6 Å². The number of nitrogens with one attached hydrogen (secondary N) is 3. The minimum Gasteiger partial charge on any atom is -0.369 e. The van der Waals surface area contributed by atoms with Gasteiger partial charge in [0.2, 0.25) is 0 Å². The number of carbonyl (C=O) groups excluding carboxylic acids is 2. The Morgan fingerprint density at radius 3 is 2.50 bits per heavy atom. The first kappa shape index (κ1) is 22.9. The summed E-state index contributed by atoms with van der Waals surface area (Å²) in [7, 11) is 3.74. The van der Waals surface area contributed by atoms with Crippen LogP contribution in [-0.4, -0.2) is 47.3 Å². The topological polar surface area (TPSA) is 102 Å². The van der Waals surface area contributed by atoms with Crippen LogP contribution in [0, 0.1) is 11.6 Å². The third kappa shape index (κ3) is 5.88. The normalized spacial score (nSPS) is 10.9. The van der Waals surface area contributed by atoms with Crippen LogP contribution in [0.15, 0.2) is 47.5 Å². The van der Waals surface area contributed by atoms with Gasteiger partial charge in [-0.05, 0) is 29.8 Å². The van der Waals surface area contributed by atoms with E-state index in [1.807, 2.05) is 43.3 Å². The molecule has 0 saturated heterocycles. The fourth-order valence-corrected chi connectivity index (χ4v) is 2.78. The summed E-state index contributed by atoms with van der Waals surface area (Å²) in [6, 6.07) is 10.0. The Morgan fingerprint density at radius 2 is 1.81 bits per heavy atom. The van der Waals surface area contributed by atoms with Crippen molar-refractivity contribution in [1.29, 1.82) is 0 Å². The van der Waals surface area contributed by atoms with Gasteiger partial charge >= 0.3 is 0 Å². The molecule has 0 aliphatic rings. The van der Waals surface area contributed by atoms with Crippen LogP contribution in [0.25, 0.3) is 0 Å². The Hall–Kier alpha value is -3.79. The SMILES string of the molecule is CN(C)C=Nc1ccc(CNC(=O)c2cc(NC(=O)c3cc(F)c(F)cc3Cl)n[nH]2)cc1. The molecular weight excluding hydrogens is 442 g/mol. The number of H-pyrrole nitrogens is 1. The standard InChI is InChI=1S/C21H19ClF2N6O2/c1-30(2)11-26-13-5-3-12(4-6-13)10-25-21(32)18-9-19(29-28-18)27-20(31)14-7-16(23)17(24)8-15(14)22/h3-9,11H,10H2,1-2H3,(H,25,32)(H2,27,28,29,31). The highest BCUT2D eigenvalue weighted by Crippen LogP contribution is 2.21. The van der Waals surface area contributed by atoms with Crippen molar-refractivity contribution in [2.24, 2.45) is 4.99 Å². The van der Waals surface area contributed by atoms with Gasteiger partial charge in [-0.15, -0.1) is 0 Å². The van der Waals surface area contributed by atoms with Crippen molar-refractivity contribution in [3.05, 3.63) is 75.9 Å². The van der Waals surface area contributed by atoms with Gasteiger partial charge in [0, 0.05) is 26.7 Å². The number of aromatic amines is 1. The lowest BCUT2D eigenvalue weighted by Crippen LogP contribution is -2.23. The molecule has 11 heteroatoms. The van der Waals surface area contributed by atoms with Crippen molar-refractivity contribution < 1.29 is 18.4 Å². The Balaban J connectivity index is 1.57. The number of benzene rings is 2. The minimum atomic E-state index is -1.21. The smallest absolute Gasteiger partial charge is 0.269 e. The molecule has 32 heavy (non-hydrogen) atoms. The molecule has 0 saturated carbocycles. The molecule has 3 aromatic rings. The number of rotatable bonds is 7. The molecule has 8 nitrogen and oxygen atoms in total. The lowest BCUT2D eigenvalue weighted by Gasteiger charge is -2.05. The lowest BCUT2D eigenvalue weighted by molar-refractivity contribution is 0.0945. The summed E-state index contributed by atoms with van der Waals surface area (Å²) in [5, 5.41) is 11.2. The van der Waals surface area contributed by atoms with E-state index in [1.54, 1.807) is 6.34 Å². The Bertz CT molecular complexity index is 1160. The second-order valence-electron chi connectivity index (χ2n) is 6.92. The molecule has 0 atom stereocenters. The van der Waals surface area contributed by atoms with E-state index < -0.39 is 23.4 Å². The second kappa shape index (κ2) is 10.0. The Labute approximate surface area is 187 Å². The third-order valence-corrected chi connectivity index (χ3v) is 4.46. The summed E-state index contributed by atoms with van der Waals surface area (Å²) >= 11 is 5.79. The van der Waals surface area contributed by atoms with Crippen LogP contribution >= 0.6 is 11.6 Å². The highest BCUT2D eigenvalue weighted by atomic mass is 35.5. The maximum Gasteiger partial charge on any atom is 0.269 e. The number of aromatic nitrogens is 2. The maximum atomic E-state index is 13.4. The van der Waals surface area contributed by atoms with Crippen LogP contribution in [0.5, 0.6) is 0 Å². The fourth-order valence-electron chi connectivity index (χ4n) is 2.54. The predicted molar refractivity (Wildman–Crippen MR) is 117 cm³/mol. The van der Waals surface area contributed by atoms with Crippen LogP contribution in [0.4, 0.5) is 20.3 Å². The summed E-state index contributed by atoms with van der Waals surface area (Å²) in [6.07, 6.45) is 1.69. The monoisotopic (exact) mass is 460 g/mol. The van der Waals surface area contributed by atoms with Gasteiger partial charge < -0.3 is 15.5 Å². The molecule has 0 aliphatic heterocycles. The molecule has 166 valence electrons. The van der Waals surface area contributed by atoms with Crippen LogP contribution in [0.2, 0.25) is 5.02 Å². The molecule has 1 aromatic heterocycles. The van der Waals surface area contributed by atoms with Crippen LogP contribution in [-0.2, 0) is 6.54 Å². The number of hydrogen-bond donors (Lipinski definition) is 3. The van der Waals surface area contributed by atoms with Crippen molar-refractivity contribution in [2.75, 3.05) is 19.4 Å². The molecule has 3 N–H and O–H groups in total. The molecule has 0 aliphatic carbocycles. The molecule has 0 radical (unpaired) electrons. The summed E-state index contributed by atoms with van der Waals surface area (Å²) < 4.78 is 26.5. The number of carbonyl (C=O) groups is 2. The van der Waals surface area contributed by atoms with Gasteiger partial charge in [0.1, 0.15) is 5.69 Å². The zero-order valence-corrected chi connectivity index (χ0v) is 17.9. The van der Waals surface area contributed by atoms with Crippen LogP contribution in [0.1, 0.15) is 26.4 Å². The van der Waals surface area contributed by atoms with Crippen LogP contribution < -0.4 is 10.6 Å². The van der Waals surface area contributed by atoms with E-state index in [2.05, 4.69) is 25.8 Å². The van der Waals surface area contributed by atoms with Crippen molar-refractivity contribution in [3.63, 3.8) is 0 Å². The minimum absolute atomic E-state index is 0.0176. The van der Waals surface area contributed by atoms with Crippen molar-refractivity contribution in [2.45, 2.75) is 6.54 Å². The number of nitrogens with zero attached hydrogens (tertiary/aromatic N) is 3. The zero-order chi connectivity index (χ0) is 23.3. The lowest BCUT2D eigenvalue weighted by atomic mass is 10.2. The van der Waals surface area contributed by atoms with E-state index in [4.69, 9.17) is 11.6 Å². The summed E-state index contributed by atoms with van der Waals surface area (Å²) in [4.78, 5) is 30.7. The van der Waals surface area contributed by atoms with E-state index in [1.165, 1.54) is 6.07 Å². The Morgan fingerprint density at radius 1 is 1.12 bits per heavy atom. The molecule has 0 fully saturated rings. The quantitative estimate of drug-likeness (QED) is 0.284. The molecular formula is C21H19ClF2N6O2. The molecule has 0 bridgehead atoms.